The van der Waals surface area contributed by atoms with Crippen molar-refractivity contribution in [1.29, 1.82) is 0 Å². The number of hydrogen-bond donors (Lipinski definition) is 0. The van der Waals surface area contributed by atoms with Crippen LogP contribution in [0.1, 0.15) is 60.8 Å². The zero-order valence-electron chi connectivity index (χ0n) is 18.8. The third kappa shape index (κ3) is 6.88. The van der Waals surface area contributed by atoms with Crippen molar-refractivity contribution >= 4 is 11.8 Å². The molecular formula is C25H34N4O2. The van der Waals surface area contributed by atoms with E-state index in [0.717, 1.165) is 50.9 Å². The first-order valence-electron chi connectivity index (χ1n) is 11.5. The number of aromatic nitrogens is 2. The van der Waals surface area contributed by atoms with E-state index in [4.69, 9.17) is 0 Å². The third-order valence-corrected chi connectivity index (χ3v) is 6.00. The molecule has 1 aromatic carbocycles. The van der Waals surface area contributed by atoms with Crippen molar-refractivity contribution in [2.45, 2.75) is 52.4 Å². The highest BCUT2D eigenvalue weighted by Crippen LogP contribution is 2.22. The fraction of sp³-hybridized carbons (Fsp3) is 0.520. The molecule has 6 nitrogen and oxygen atoms in total. The van der Waals surface area contributed by atoms with Crippen LogP contribution >= 0.6 is 0 Å². The Morgan fingerprint density at radius 3 is 2.45 bits per heavy atom. The van der Waals surface area contributed by atoms with Crippen molar-refractivity contribution in [3.8, 4) is 0 Å². The molecule has 1 aliphatic heterocycles. The second-order valence-electron chi connectivity index (χ2n) is 8.45. The van der Waals surface area contributed by atoms with Gasteiger partial charge in [0.2, 0.25) is 5.91 Å². The molecule has 3 rings (SSSR count). The van der Waals surface area contributed by atoms with Crippen LogP contribution in [0.5, 0.6) is 0 Å². The molecule has 166 valence electrons. The van der Waals surface area contributed by atoms with E-state index in [-0.39, 0.29) is 11.8 Å². The lowest BCUT2D eigenvalue weighted by atomic mass is 9.90. The van der Waals surface area contributed by atoms with Crippen molar-refractivity contribution in [1.82, 2.24) is 19.8 Å². The first kappa shape index (κ1) is 22.9. The summed E-state index contributed by atoms with van der Waals surface area (Å²) in [5.74, 6) is 0.631. The summed E-state index contributed by atoms with van der Waals surface area (Å²) in [7, 11) is 0. The average Bonchev–Trinajstić information content (AvgIpc) is 2.80. The number of piperidine rings is 1. The predicted octanol–water partition coefficient (Wildman–Crippen LogP) is 3.90. The second kappa shape index (κ2) is 11.6. The Balaban J connectivity index is 1.49. The van der Waals surface area contributed by atoms with Crippen LogP contribution in [0.4, 0.5) is 0 Å². The normalized spacial score (nSPS) is 14.5. The molecule has 1 aromatic heterocycles. The molecule has 0 bridgehead atoms. The van der Waals surface area contributed by atoms with Crippen LogP contribution in [0.25, 0.3) is 0 Å². The van der Waals surface area contributed by atoms with Gasteiger partial charge in [-0.3, -0.25) is 14.6 Å². The van der Waals surface area contributed by atoms with Gasteiger partial charge in [-0.15, -0.1) is 0 Å². The maximum Gasteiger partial charge on any atom is 0.274 e. The Kier molecular flexibility index (Phi) is 8.56. The maximum absolute atomic E-state index is 12.9. The molecule has 0 unspecified atom stereocenters. The van der Waals surface area contributed by atoms with E-state index in [0.29, 0.717) is 31.1 Å². The number of likely N-dealkylation sites (tertiary alicyclic amines) is 1. The van der Waals surface area contributed by atoms with E-state index in [1.807, 2.05) is 17.9 Å². The SMILES string of the molecule is CCCCN(CCC(=O)N1CCC(Cc2ccccc2)CC1)C(=O)c1cnc(C)cn1. The standard InChI is InChI=1S/C25H34N4O2/c1-3-4-13-29(25(31)23-19-26-20(2)18-27-23)16-12-24(30)28-14-10-22(11-15-28)17-21-8-6-5-7-9-21/h5-9,18-19,22H,3-4,10-17H2,1-2H3. The van der Waals surface area contributed by atoms with E-state index in [1.165, 1.54) is 11.8 Å². The number of benzene rings is 1. The van der Waals surface area contributed by atoms with Gasteiger partial charge in [0.05, 0.1) is 11.9 Å². The topological polar surface area (TPSA) is 66.4 Å². The molecule has 0 saturated carbocycles. The van der Waals surface area contributed by atoms with Gasteiger partial charge in [-0.05, 0) is 44.1 Å². The van der Waals surface area contributed by atoms with Crippen LogP contribution in [0.3, 0.4) is 0 Å². The van der Waals surface area contributed by atoms with Gasteiger partial charge in [-0.25, -0.2) is 4.98 Å². The first-order chi connectivity index (χ1) is 15.1. The highest BCUT2D eigenvalue weighted by atomic mass is 16.2. The monoisotopic (exact) mass is 422 g/mol. The van der Waals surface area contributed by atoms with Crippen molar-refractivity contribution in [3.63, 3.8) is 0 Å². The molecule has 1 fully saturated rings. The van der Waals surface area contributed by atoms with Gasteiger partial charge in [0.1, 0.15) is 5.69 Å². The Morgan fingerprint density at radius 1 is 1.06 bits per heavy atom. The molecule has 6 heteroatoms. The van der Waals surface area contributed by atoms with Crippen molar-refractivity contribution in [2.24, 2.45) is 5.92 Å². The molecule has 0 radical (unpaired) electrons. The van der Waals surface area contributed by atoms with Crippen LogP contribution < -0.4 is 0 Å². The molecule has 0 aliphatic carbocycles. The molecule has 0 atom stereocenters. The summed E-state index contributed by atoms with van der Waals surface area (Å²) >= 11 is 0. The lowest BCUT2D eigenvalue weighted by molar-refractivity contribution is -0.132. The van der Waals surface area contributed by atoms with E-state index in [9.17, 15) is 9.59 Å². The summed E-state index contributed by atoms with van der Waals surface area (Å²) in [5.41, 5.74) is 2.50. The number of unbranched alkanes of at least 4 members (excludes halogenated alkanes) is 1. The smallest absolute Gasteiger partial charge is 0.274 e. The van der Waals surface area contributed by atoms with Crippen LogP contribution in [-0.4, -0.2) is 57.8 Å². The largest absolute Gasteiger partial charge is 0.343 e. The number of nitrogens with zero attached hydrogens (tertiary/aromatic N) is 4. The van der Waals surface area contributed by atoms with Gasteiger partial charge in [0, 0.05) is 38.8 Å². The number of carbonyl (C=O) groups is 2. The number of hydrogen-bond acceptors (Lipinski definition) is 4. The summed E-state index contributed by atoms with van der Waals surface area (Å²) in [5, 5.41) is 0. The van der Waals surface area contributed by atoms with E-state index >= 15 is 0 Å². The Morgan fingerprint density at radius 2 is 1.81 bits per heavy atom. The van der Waals surface area contributed by atoms with Crippen molar-refractivity contribution in [3.05, 3.63) is 59.7 Å². The van der Waals surface area contributed by atoms with Crippen LogP contribution in [0.15, 0.2) is 42.7 Å². The molecule has 2 heterocycles. The van der Waals surface area contributed by atoms with Crippen LogP contribution in [0, 0.1) is 12.8 Å². The first-order valence-corrected chi connectivity index (χ1v) is 11.5. The Bertz CT molecular complexity index is 830. The molecule has 0 spiro atoms. The Hall–Kier alpha value is -2.76. The minimum Gasteiger partial charge on any atom is -0.343 e. The summed E-state index contributed by atoms with van der Waals surface area (Å²) in [4.78, 5) is 37.8. The van der Waals surface area contributed by atoms with Gasteiger partial charge in [-0.1, -0.05) is 43.7 Å². The highest BCUT2D eigenvalue weighted by Gasteiger charge is 2.24. The van der Waals surface area contributed by atoms with E-state index in [2.05, 4.69) is 41.2 Å². The summed E-state index contributed by atoms with van der Waals surface area (Å²) in [6.45, 7) is 6.62. The summed E-state index contributed by atoms with van der Waals surface area (Å²) in [6, 6.07) is 10.6. The predicted molar refractivity (Wildman–Crippen MR) is 122 cm³/mol. The van der Waals surface area contributed by atoms with Gasteiger partial charge in [0.15, 0.2) is 0 Å². The third-order valence-electron chi connectivity index (χ3n) is 6.00. The molecule has 0 N–H and O–H groups in total. The molecular weight excluding hydrogens is 388 g/mol. The van der Waals surface area contributed by atoms with Crippen molar-refractivity contribution < 1.29 is 9.59 Å². The second-order valence-corrected chi connectivity index (χ2v) is 8.45. The molecule has 2 amide bonds. The number of rotatable bonds is 9. The van der Waals surface area contributed by atoms with Gasteiger partial charge < -0.3 is 9.80 Å². The summed E-state index contributed by atoms with van der Waals surface area (Å²) < 4.78 is 0. The Labute approximate surface area is 185 Å². The molecule has 2 aromatic rings. The average molecular weight is 423 g/mol. The minimum absolute atomic E-state index is 0.141. The van der Waals surface area contributed by atoms with Crippen molar-refractivity contribution in [2.75, 3.05) is 26.2 Å². The zero-order valence-corrected chi connectivity index (χ0v) is 18.8. The van der Waals surface area contributed by atoms with Gasteiger partial charge in [-0.2, -0.15) is 0 Å². The van der Waals surface area contributed by atoms with Gasteiger partial charge >= 0.3 is 0 Å². The van der Waals surface area contributed by atoms with Gasteiger partial charge in [0.25, 0.3) is 5.91 Å². The van der Waals surface area contributed by atoms with Crippen LogP contribution in [-0.2, 0) is 11.2 Å². The van der Waals surface area contributed by atoms with E-state index in [1.54, 1.807) is 11.1 Å². The molecule has 31 heavy (non-hydrogen) atoms. The maximum atomic E-state index is 12.9. The van der Waals surface area contributed by atoms with E-state index < -0.39 is 0 Å². The summed E-state index contributed by atoms with van der Waals surface area (Å²) in [6.07, 6.45) is 8.55. The number of aryl methyl sites for hydroxylation is 1. The lowest BCUT2D eigenvalue weighted by Crippen LogP contribution is -2.41. The minimum atomic E-state index is -0.143. The quantitative estimate of drug-likeness (QED) is 0.615. The molecule has 1 aliphatic rings. The number of amides is 2. The highest BCUT2D eigenvalue weighted by molar-refractivity contribution is 5.92. The number of carbonyl (C=O) groups excluding carboxylic acids is 2. The fourth-order valence-electron chi connectivity index (χ4n) is 4.05. The zero-order chi connectivity index (χ0) is 22.1. The molecule has 1 saturated heterocycles. The van der Waals surface area contributed by atoms with Crippen LogP contribution in [0.2, 0.25) is 0 Å². The lowest BCUT2D eigenvalue weighted by Gasteiger charge is -2.33. The fourth-order valence-corrected chi connectivity index (χ4v) is 4.05.